The van der Waals surface area contributed by atoms with Crippen LogP contribution >= 0.6 is 0 Å². The lowest BCUT2D eigenvalue weighted by molar-refractivity contribution is 0.0426. The van der Waals surface area contributed by atoms with Crippen molar-refractivity contribution in [2.75, 3.05) is 28.4 Å². The van der Waals surface area contributed by atoms with E-state index >= 15 is 0 Å². The zero-order chi connectivity index (χ0) is 20.8. The second-order valence-electron chi connectivity index (χ2n) is 5.72. The van der Waals surface area contributed by atoms with Gasteiger partial charge in [0, 0.05) is 12.1 Å². The fraction of sp³-hybridized carbons (Fsp3) is 0.250. The van der Waals surface area contributed by atoms with Gasteiger partial charge in [-0.25, -0.2) is 4.79 Å². The van der Waals surface area contributed by atoms with Crippen LogP contribution in [0.3, 0.4) is 0 Å². The molecule has 0 spiro atoms. The Hall–Kier alpha value is -3.75. The number of hydrogen-bond donors (Lipinski definition) is 0. The van der Waals surface area contributed by atoms with Crippen molar-refractivity contribution in [3.8, 4) is 34.4 Å². The van der Waals surface area contributed by atoms with Gasteiger partial charge in [0.1, 0.15) is 28.6 Å². The zero-order valence-electron chi connectivity index (χ0n) is 16.4. The van der Waals surface area contributed by atoms with Crippen LogP contribution in [0.2, 0.25) is 0 Å². The number of rotatable bonds is 8. The fourth-order valence-electron chi connectivity index (χ4n) is 2.58. The molecule has 9 heteroatoms. The molecule has 0 aliphatic carbocycles. The highest BCUT2D eigenvalue weighted by Gasteiger charge is 2.18. The van der Waals surface area contributed by atoms with Crippen molar-refractivity contribution in [3.63, 3.8) is 0 Å². The lowest BCUT2D eigenvalue weighted by atomic mass is 10.2. The molecule has 1 aromatic heterocycles. The number of aromatic nitrogens is 2. The number of hydrogen-bond acceptors (Lipinski definition) is 9. The Balaban J connectivity index is 1.72. The predicted molar refractivity (Wildman–Crippen MR) is 102 cm³/mol. The summed E-state index contributed by atoms with van der Waals surface area (Å²) in [6, 6.07) is 10.0. The van der Waals surface area contributed by atoms with E-state index in [4.69, 9.17) is 28.2 Å². The summed E-state index contributed by atoms with van der Waals surface area (Å²) < 4.78 is 31.3. The van der Waals surface area contributed by atoms with E-state index in [0.29, 0.717) is 34.4 Å². The third-order valence-electron chi connectivity index (χ3n) is 4.07. The highest BCUT2D eigenvalue weighted by Crippen LogP contribution is 2.31. The summed E-state index contributed by atoms with van der Waals surface area (Å²) in [5, 5.41) is 3.92. The molecule has 152 valence electrons. The van der Waals surface area contributed by atoms with Gasteiger partial charge in [-0.1, -0.05) is 5.16 Å². The largest absolute Gasteiger partial charge is 0.497 e. The first-order valence-electron chi connectivity index (χ1n) is 8.53. The first-order valence-corrected chi connectivity index (χ1v) is 8.53. The molecule has 0 unspecified atom stereocenters. The van der Waals surface area contributed by atoms with Gasteiger partial charge < -0.3 is 28.2 Å². The van der Waals surface area contributed by atoms with Crippen LogP contribution < -0.4 is 18.9 Å². The summed E-state index contributed by atoms with van der Waals surface area (Å²) in [7, 11) is 6.08. The number of carbonyl (C=O) groups excluding carboxylic acids is 1. The minimum Gasteiger partial charge on any atom is -0.497 e. The summed E-state index contributed by atoms with van der Waals surface area (Å²) in [4.78, 5) is 16.6. The highest BCUT2D eigenvalue weighted by molar-refractivity contribution is 5.92. The standard InChI is InChI=1S/C20H20N2O7/c1-24-12-5-7-14(16(9-12)26-3)19-21-18(29-22-19)11-28-20(23)15-8-6-13(25-2)10-17(15)27-4/h5-10H,11H2,1-4H3. The maximum absolute atomic E-state index is 12.4. The highest BCUT2D eigenvalue weighted by atomic mass is 16.6. The monoisotopic (exact) mass is 400 g/mol. The summed E-state index contributed by atoms with van der Waals surface area (Å²) in [5.74, 6) is 1.91. The SMILES string of the molecule is COc1ccc(C(=O)OCc2nc(-c3ccc(OC)cc3OC)no2)c(OC)c1. The molecular formula is C20H20N2O7. The van der Waals surface area contributed by atoms with E-state index in [1.807, 2.05) is 0 Å². The van der Waals surface area contributed by atoms with Crippen LogP contribution in [0.15, 0.2) is 40.9 Å². The van der Waals surface area contributed by atoms with Crippen LogP contribution in [0, 0.1) is 0 Å². The molecule has 1 heterocycles. The molecule has 0 fully saturated rings. The molecule has 0 bridgehead atoms. The summed E-state index contributed by atoms with van der Waals surface area (Å²) in [5.41, 5.74) is 0.872. The maximum atomic E-state index is 12.4. The Bertz CT molecular complexity index is 1000. The van der Waals surface area contributed by atoms with Crippen molar-refractivity contribution >= 4 is 5.97 Å². The van der Waals surface area contributed by atoms with E-state index in [-0.39, 0.29) is 18.1 Å². The van der Waals surface area contributed by atoms with Gasteiger partial charge in [-0.2, -0.15) is 4.98 Å². The molecule has 0 N–H and O–H groups in total. The van der Waals surface area contributed by atoms with Crippen LogP contribution in [-0.2, 0) is 11.3 Å². The molecule has 0 atom stereocenters. The molecular weight excluding hydrogens is 380 g/mol. The Morgan fingerprint density at radius 2 is 1.55 bits per heavy atom. The van der Waals surface area contributed by atoms with Gasteiger partial charge in [-0.3, -0.25) is 0 Å². The number of esters is 1. The summed E-state index contributed by atoms with van der Waals surface area (Å²) >= 11 is 0. The lowest BCUT2D eigenvalue weighted by Crippen LogP contribution is -2.07. The number of methoxy groups -OCH3 is 4. The lowest BCUT2D eigenvalue weighted by Gasteiger charge is -2.09. The average molecular weight is 400 g/mol. The van der Waals surface area contributed by atoms with E-state index in [2.05, 4.69) is 10.1 Å². The number of nitrogens with zero attached hydrogens (tertiary/aromatic N) is 2. The second kappa shape index (κ2) is 8.96. The maximum Gasteiger partial charge on any atom is 0.342 e. The van der Waals surface area contributed by atoms with Crippen molar-refractivity contribution in [1.82, 2.24) is 10.1 Å². The van der Waals surface area contributed by atoms with Crippen LogP contribution in [0.25, 0.3) is 11.4 Å². The normalized spacial score (nSPS) is 10.3. The topological polar surface area (TPSA) is 102 Å². The van der Waals surface area contributed by atoms with Gasteiger partial charge >= 0.3 is 5.97 Å². The molecule has 0 saturated carbocycles. The molecule has 0 amide bonds. The molecule has 9 nitrogen and oxygen atoms in total. The molecule has 0 aliphatic rings. The minimum absolute atomic E-state index is 0.138. The quantitative estimate of drug-likeness (QED) is 0.528. The molecule has 29 heavy (non-hydrogen) atoms. The Morgan fingerprint density at radius 3 is 2.21 bits per heavy atom. The molecule has 3 aromatic rings. The van der Waals surface area contributed by atoms with E-state index in [9.17, 15) is 4.79 Å². The Kier molecular flexibility index (Phi) is 6.18. The minimum atomic E-state index is -0.591. The van der Waals surface area contributed by atoms with Gasteiger partial charge in [-0.05, 0) is 24.3 Å². The van der Waals surface area contributed by atoms with E-state index in [1.165, 1.54) is 21.3 Å². The van der Waals surface area contributed by atoms with Crippen molar-refractivity contribution in [2.45, 2.75) is 6.61 Å². The van der Waals surface area contributed by atoms with E-state index in [0.717, 1.165) is 0 Å². The molecule has 0 saturated heterocycles. The van der Waals surface area contributed by atoms with Gasteiger partial charge in [-0.15, -0.1) is 0 Å². The van der Waals surface area contributed by atoms with E-state index in [1.54, 1.807) is 43.5 Å². The molecule has 0 radical (unpaired) electrons. The van der Waals surface area contributed by atoms with Gasteiger partial charge in [0.05, 0.1) is 34.0 Å². The third kappa shape index (κ3) is 4.40. The van der Waals surface area contributed by atoms with Crippen LogP contribution in [-0.4, -0.2) is 44.5 Å². The first kappa shape index (κ1) is 20.0. The first-order chi connectivity index (χ1) is 14.1. The average Bonchev–Trinajstić information content (AvgIpc) is 3.25. The third-order valence-corrected chi connectivity index (χ3v) is 4.07. The molecule has 0 aliphatic heterocycles. The van der Waals surface area contributed by atoms with Crippen LogP contribution in [0.1, 0.15) is 16.2 Å². The second-order valence-corrected chi connectivity index (χ2v) is 5.72. The summed E-state index contributed by atoms with van der Waals surface area (Å²) in [6.07, 6.45) is 0. The number of carbonyl (C=O) groups is 1. The summed E-state index contributed by atoms with van der Waals surface area (Å²) in [6.45, 7) is -0.195. The van der Waals surface area contributed by atoms with Crippen molar-refractivity contribution in [3.05, 3.63) is 47.9 Å². The number of benzene rings is 2. The smallest absolute Gasteiger partial charge is 0.342 e. The van der Waals surface area contributed by atoms with Crippen molar-refractivity contribution in [1.29, 1.82) is 0 Å². The van der Waals surface area contributed by atoms with Crippen LogP contribution in [0.5, 0.6) is 23.0 Å². The Labute approximate surface area is 167 Å². The van der Waals surface area contributed by atoms with Gasteiger partial charge in [0.15, 0.2) is 6.61 Å². The molecule has 3 rings (SSSR count). The van der Waals surface area contributed by atoms with E-state index < -0.39 is 5.97 Å². The van der Waals surface area contributed by atoms with Gasteiger partial charge in [0.25, 0.3) is 5.89 Å². The van der Waals surface area contributed by atoms with Gasteiger partial charge in [0.2, 0.25) is 5.82 Å². The fourth-order valence-corrected chi connectivity index (χ4v) is 2.58. The van der Waals surface area contributed by atoms with Crippen LogP contribution in [0.4, 0.5) is 0 Å². The zero-order valence-corrected chi connectivity index (χ0v) is 16.4. The molecule has 2 aromatic carbocycles. The van der Waals surface area contributed by atoms with Crippen molar-refractivity contribution in [2.24, 2.45) is 0 Å². The Morgan fingerprint density at radius 1 is 0.897 bits per heavy atom. The number of ether oxygens (including phenoxy) is 5. The van der Waals surface area contributed by atoms with Crippen molar-refractivity contribution < 1.29 is 33.0 Å². The predicted octanol–water partition coefficient (Wildman–Crippen LogP) is 3.13.